The molecule has 1 N–H and O–H groups in total. The van der Waals surface area contributed by atoms with Gasteiger partial charge in [-0.2, -0.15) is 0 Å². The summed E-state index contributed by atoms with van der Waals surface area (Å²) in [5.41, 5.74) is 1.90. The first-order valence-electron chi connectivity index (χ1n) is 8.75. The minimum absolute atomic E-state index is 0.0353. The number of benzene rings is 1. The van der Waals surface area contributed by atoms with Gasteiger partial charge in [0.05, 0.1) is 5.75 Å². The van der Waals surface area contributed by atoms with Crippen LogP contribution < -0.4 is 5.32 Å². The van der Waals surface area contributed by atoms with Crippen LogP contribution in [0, 0.1) is 6.92 Å². The Labute approximate surface area is 174 Å². The zero-order valence-electron chi connectivity index (χ0n) is 14.8. The van der Waals surface area contributed by atoms with Crippen LogP contribution in [-0.2, 0) is 11.2 Å². The SMILES string of the molecule is Cc1cc(NC(=O)CSc2nnc(Cc3cccs3)n2C2CC2)ccc1Br. The highest BCUT2D eigenvalue weighted by Crippen LogP contribution is 2.39. The van der Waals surface area contributed by atoms with E-state index < -0.39 is 0 Å². The number of halogens is 1. The lowest BCUT2D eigenvalue weighted by molar-refractivity contribution is -0.113. The number of amides is 1. The number of hydrogen-bond donors (Lipinski definition) is 1. The molecule has 140 valence electrons. The third-order valence-corrected chi connectivity index (χ3v) is 7.04. The maximum Gasteiger partial charge on any atom is 0.234 e. The number of rotatable bonds is 7. The average Bonchev–Trinajstić information content (AvgIpc) is 3.20. The molecule has 4 rings (SSSR count). The monoisotopic (exact) mass is 462 g/mol. The summed E-state index contributed by atoms with van der Waals surface area (Å²) in [7, 11) is 0. The number of anilines is 1. The fourth-order valence-corrected chi connectivity index (χ4v) is 4.62. The maximum atomic E-state index is 12.3. The number of thiophene rings is 1. The first kappa shape index (κ1) is 18.7. The van der Waals surface area contributed by atoms with Gasteiger partial charge in [0.1, 0.15) is 5.82 Å². The Kier molecular flexibility index (Phi) is 5.66. The van der Waals surface area contributed by atoms with Gasteiger partial charge in [0.15, 0.2) is 5.16 Å². The molecule has 0 aliphatic heterocycles. The van der Waals surface area contributed by atoms with Gasteiger partial charge in [-0.1, -0.05) is 33.8 Å². The molecule has 1 aliphatic rings. The Bertz CT molecular complexity index is 951. The number of nitrogens with one attached hydrogen (secondary N) is 1. The number of nitrogens with zero attached hydrogens (tertiary/aromatic N) is 3. The largest absolute Gasteiger partial charge is 0.325 e. The Morgan fingerprint density at radius 2 is 2.22 bits per heavy atom. The molecule has 0 bridgehead atoms. The summed E-state index contributed by atoms with van der Waals surface area (Å²) in [5, 5.41) is 14.6. The van der Waals surface area contributed by atoms with Crippen molar-refractivity contribution < 1.29 is 4.79 Å². The van der Waals surface area contributed by atoms with E-state index in [1.54, 1.807) is 11.3 Å². The quantitative estimate of drug-likeness (QED) is 0.498. The van der Waals surface area contributed by atoms with Gasteiger partial charge in [0, 0.05) is 27.5 Å². The van der Waals surface area contributed by atoms with E-state index in [-0.39, 0.29) is 5.91 Å². The fourth-order valence-electron chi connectivity index (χ4n) is 2.84. The Hall–Kier alpha value is -1.64. The number of aromatic nitrogens is 3. The van der Waals surface area contributed by atoms with Gasteiger partial charge >= 0.3 is 0 Å². The van der Waals surface area contributed by atoms with E-state index in [2.05, 4.69) is 53.5 Å². The molecule has 1 amide bonds. The van der Waals surface area contributed by atoms with Crippen molar-refractivity contribution in [1.29, 1.82) is 0 Å². The van der Waals surface area contributed by atoms with Crippen LogP contribution in [0.1, 0.15) is 35.1 Å². The number of carbonyl (C=O) groups is 1. The highest BCUT2D eigenvalue weighted by Gasteiger charge is 2.29. The molecule has 27 heavy (non-hydrogen) atoms. The second-order valence-corrected chi connectivity index (χ2v) is 9.39. The van der Waals surface area contributed by atoms with Crippen LogP contribution >= 0.6 is 39.0 Å². The second-order valence-electron chi connectivity index (χ2n) is 6.56. The Morgan fingerprint density at radius 1 is 1.37 bits per heavy atom. The predicted molar refractivity (Wildman–Crippen MR) is 114 cm³/mol. The van der Waals surface area contributed by atoms with E-state index in [9.17, 15) is 4.79 Å². The van der Waals surface area contributed by atoms with Gasteiger partial charge < -0.3 is 9.88 Å². The number of hydrogen-bond acceptors (Lipinski definition) is 5. The molecule has 0 unspecified atom stereocenters. The first-order chi connectivity index (χ1) is 13.1. The molecule has 0 saturated heterocycles. The summed E-state index contributed by atoms with van der Waals surface area (Å²) in [6, 6.07) is 10.5. The second kappa shape index (κ2) is 8.16. The van der Waals surface area contributed by atoms with Crippen molar-refractivity contribution in [2.24, 2.45) is 0 Å². The minimum Gasteiger partial charge on any atom is -0.325 e. The van der Waals surface area contributed by atoms with Crippen molar-refractivity contribution >= 4 is 50.6 Å². The van der Waals surface area contributed by atoms with Gasteiger partial charge in [0.25, 0.3) is 0 Å². The summed E-state index contributed by atoms with van der Waals surface area (Å²) < 4.78 is 3.26. The smallest absolute Gasteiger partial charge is 0.234 e. The van der Waals surface area contributed by atoms with E-state index in [0.29, 0.717) is 11.8 Å². The van der Waals surface area contributed by atoms with Gasteiger partial charge in [-0.15, -0.1) is 21.5 Å². The van der Waals surface area contributed by atoms with Crippen molar-refractivity contribution in [3.05, 3.63) is 56.4 Å². The van der Waals surface area contributed by atoms with Crippen LogP contribution in [0.15, 0.2) is 45.3 Å². The molecule has 3 aromatic rings. The average molecular weight is 463 g/mol. The van der Waals surface area contributed by atoms with Gasteiger partial charge in [-0.05, 0) is 55.0 Å². The molecule has 5 nitrogen and oxygen atoms in total. The summed E-state index contributed by atoms with van der Waals surface area (Å²) in [4.78, 5) is 13.6. The zero-order chi connectivity index (χ0) is 18.8. The molecule has 1 aliphatic carbocycles. The van der Waals surface area contributed by atoms with Crippen molar-refractivity contribution in [1.82, 2.24) is 14.8 Å². The van der Waals surface area contributed by atoms with Crippen molar-refractivity contribution in [2.45, 2.75) is 37.4 Å². The van der Waals surface area contributed by atoms with Crippen LogP contribution in [0.5, 0.6) is 0 Å². The third kappa shape index (κ3) is 4.62. The molecule has 1 aromatic carbocycles. The van der Waals surface area contributed by atoms with Crippen LogP contribution in [0.25, 0.3) is 0 Å². The van der Waals surface area contributed by atoms with Gasteiger partial charge in [-0.25, -0.2) is 0 Å². The van der Waals surface area contributed by atoms with E-state index in [4.69, 9.17) is 0 Å². The molecule has 8 heteroatoms. The highest BCUT2D eigenvalue weighted by molar-refractivity contribution is 9.10. The topological polar surface area (TPSA) is 59.8 Å². The molecule has 0 atom stereocenters. The van der Waals surface area contributed by atoms with E-state index in [1.807, 2.05) is 25.1 Å². The Balaban J connectivity index is 1.41. The van der Waals surface area contributed by atoms with Gasteiger partial charge in [0.2, 0.25) is 5.91 Å². The summed E-state index contributed by atoms with van der Waals surface area (Å²) >= 11 is 6.66. The standard InChI is InChI=1S/C19H19BrN4OS2/c1-12-9-13(4-7-16(12)20)21-18(25)11-27-19-23-22-17(24(19)14-5-6-14)10-15-3-2-8-26-15/h2-4,7-9,14H,5-6,10-11H2,1H3,(H,21,25). The van der Waals surface area contributed by atoms with Crippen molar-refractivity contribution in [2.75, 3.05) is 11.1 Å². The predicted octanol–water partition coefficient (Wildman–Crippen LogP) is 5.07. The van der Waals surface area contributed by atoms with Crippen LogP contribution in [0.3, 0.4) is 0 Å². The van der Waals surface area contributed by atoms with Crippen LogP contribution in [0.2, 0.25) is 0 Å². The number of thioether (sulfide) groups is 1. The highest BCUT2D eigenvalue weighted by atomic mass is 79.9. The first-order valence-corrected chi connectivity index (χ1v) is 11.4. The number of aryl methyl sites for hydroxylation is 1. The molecule has 2 aromatic heterocycles. The molecule has 0 spiro atoms. The molecule has 1 fully saturated rings. The van der Waals surface area contributed by atoms with Crippen molar-refractivity contribution in [3.63, 3.8) is 0 Å². The van der Waals surface area contributed by atoms with Crippen LogP contribution in [0.4, 0.5) is 5.69 Å². The molecular weight excluding hydrogens is 444 g/mol. The van der Waals surface area contributed by atoms with E-state index in [0.717, 1.165) is 46.0 Å². The lowest BCUT2D eigenvalue weighted by atomic mass is 10.2. The Morgan fingerprint density at radius 3 is 2.93 bits per heavy atom. The molecular formula is C19H19BrN4OS2. The molecule has 1 saturated carbocycles. The lowest BCUT2D eigenvalue weighted by Crippen LogP contribution is -2.15. The number of carbonyl (C=O) groups excluding carboxylic acids is 1. The van der Waals surface area contributed by atoms with Crippen LogP contribution in [-0.4, -0.2) is 26.4 Å². The summed E-state index contributed by atoms with van der Waals surface area (Å²) in [6.45, 7) is 2.00. The normalized spacial score (nSPS) is 13.7. The summed E-state index contributed by atoms with van der Waals surface area (Å²) in [5.74, 6) is 1.28. The summed E-state index contributed by atoms with van der Waals surface area (Å²) in [6.07, 6.45) is 3.12. The lowest BCUT2D eigenvalue weighted by Gasteiger charge is -2.09. The zero-order valence-corrected chi connectivity index (χ0v) is 18.0. The third-order valence-electron chi connectivity index (χ3n) is 4.33. The van der Waals surface area contributed by atoms with Crippen molar-refractivity contribution in [3.8, 4) is 0 Å². The van der Waals surface area contributed by atoms with Gasteiger partial charge in [-0.3, -0.25) is 4.79 Å². The van der Waals surface area contributed by atoms with E-state index in [1.165, 1.54) is 16.6 Å². The maximum absolute atomic E-state index is 12.3. The molecule has 0 radical (unpaired) electrons. The van der Waals surface area contributed by atoms with E-state index >= 15 is 0 Å². The molecule has 2 heterocycles. The fraction of sp³-hybridized carbons (Fsp3) is 0.316. The minimum atomic E-state index is -0.0353.